The highest BCUT2D eigenvalue weighted by molar-refractivity contribution is 5.94. The lowest BCUT2D eigenvalue weighted by atomic mass is 10.1. The molecule has 0 unspecified atom stereocenters. The summed E-state index contributed by atoms with van der Waals surface area (Å²) >= 11 is 0. The van der Waals surface area contributed by atoms with Crippen LogP contribution >= 0.6 is 0 Å². The second-order valence-corrected chi connectivity index (χ2v) is 7.80. The van der Waals surface area contributed by atoms with Gasteiger partial charge in [-0.15, -0.1) is 5.10 Å². The summed E-state index contributed by atoms with van der Waals surface area (Å²) in [7, 11) is 3.03. The van der Waals surface area contributed by atoms with E-state index in [1.54, 1.807) is 53.3 Å². The van der Waals surface area contributed by atoms with Crippen LogP contribution in [0.15, 0.2) is 70.0 Å². The van der Waals surface area contributed by atoms with Gasteiger partial charge in [0.15, 0.2) is 0 Å². The molecule has 2 aromatic heterocycles. The second kappa shape index (κ2) is 9.19. The number of nitrogens with zero attached hydrogens (tertiary/aromatic N) is 4. The Balaban J connectivity index is 1.36. The summed E-state index contributed by atoms with van der Waals surface area (Å²) in [4.78, 5) is 13.2. The Bertz CT molecular complexity index is 1630. The van der Waals surface area contributed by atoms with Crippen molar-refractivity contribution in [3.05, 3.63) is 87.8 Å². The third-order valence-electron chi connectivity index (χ3n) is 5.54. The Morgan fingerprint density at radius 3 is 2.57 bits per heavy atom. The van der Waals surface area contributed by atoms with E-state index in [1.807, 2.05) is 12.1 Å². The molecule has 0 N–H and O–H groups in total. The van der Waals surface area contributed by atoms with Crippen LogP contribution in [0.25, 0.3) is 21.9 Å². The van der Waals surface area contributed by atoms with Gasteiger partial charge in [0.1, 0.15) is 46.1 Å². The molecule has 0 bridgehead atoms. The van der Waals surface area contributed by atoms with Crippen molar-refractivity contribution < 1.29 is 18.6 Å². The Labute approximate surface area is 199 Å². The molecule has 2 heterocycles. The molecule has 35 heavy (non-hydrogen) atoms. The average Bonchev–Trinajstić information content (AvgIpc) is 3.34. The van der Waals surface area contributed by atoms with Crippen molar-refractivity contribution in [1.82, 2.24) is 15.0 Å². The van der Waals surface area contributed by atoms with Gasteiger partial charge in [-0.3, -0.25) is 4.79 Å². The monoisotopic (exact) mass is 468 g/mol. The van der Waals surface area contributed by atoms with Crippen molar-refractivity contribution in [1.29, 1.82) is 5.26 Å². The van der Waals surface area contributed by atoms with E-state index >= 15 is 0 Å². The second-order valence-electron chi connectivity index (χ2n) is 7.80. The summed E-state index contributed by atoms with van der Waals surface area (Å²) in [6.07, 6.45) is 1.79. The molecule has 0 saturated carbocycles. The topological polar surface area (TPSA) is 112 Å². The van der Waals surface area contributed by atoms with Gasteiger partial charge in [-0.2, -0.15) is 5.26 Å². The van der Waals surface area contributed by atoms with E-state index < -0.39 is 0 Å². The van der Waals surface area contributed by atoms with Gasteiger partial charge in [-0.1, -0.05) is 17.3 Å². The first-order chi connectivity index (χ1) is 17.1. The van der Waals surface area contributed by atoms with E-state index in [-0.39, 0.29) is 12.0 Å². The van der Waals surface area contributed by atoms with Crippen LogP contribution in [0.2, 0.25) is 0 Å². The van der Waals surface area contributed by atoms with Crippen molar-refractivity contribution in [3.63, 3.8) is 0 Å². The summed E-state index contributed by atoms with van der Waals surface area (Å²) in [5.41, 5.74) is 2.84. The normalized spacial score (nSPS) is 10.9. The number of hydrogen-bond acceptors (Lipinski definition) is 8. The van der Waals surface area contributed by atoms with Gasteiger partial charge < -0.3 is 18.6 Å². The van der Waals surface area contributed by atoms with Gasteiger partial charge in [0.2, 0.25) is 5.43 Å². The third kappa shape index (κ3) is 4.37. The van der Waals surface area contributed by atoms with Crippen LogP contribution in [-0.4, -0.2) is 29.2 Å². The molecule has 9 heteroatoms. The lowest BCUT2D eigenvalue weighted by molar-refractivity contribution is 0.301. The Kier molecular flexibility index (Phi) is 5.77. The minimum Gasteiger partial charge on any atom is -0.496 e. The van der Waals surface area contributed by atoms with Gasteiger partial charge in [-0.05, 0) is 35.9 Å². The van der Waals surface area contributed by atoms with E-state index in [2.05, 4.69) is 16.4 Å². The van der Waals surface area contributed by atoms with Gasteiger partial charge in [0.25, 0.3) is 0 Å². The summed E-state index contributed by atoms with van der Waals surface area (Å²) in [5.74, 6) is 1.41. The van der Waals surface area contributed by atoms with Crippen molar-refractivity contribution in [2.24, 2.45) is 0 Å². The molecule has 174 valence electrons. The molecule has 0 saturated heterocycles. The lowest BCUT2D eigenvalue weighted by Crippen LogP contribution is -2.05. The Hall–Kier alpha value is -4.84. The number of ether oxygens (including phenoxy) is 3. The molecule has 0 aliphatic rings. The number of aromatic nitrogens is 3. The van der Waals surface area contributed by atoms with Crippen molar-refractivity contribution in [2.75, 3.05) is 14.2 Å². The zero-order valence-corrected chi connectivity index (χ0v) is 19.0. The zero-order valence-electron chi connectivity index (χ0n) is 19.0. The van der Waals surface area contributed by atoms with Gasteiger partial charge in [0.05, 0.1) is 44.0 Å². The van der Waals surface area contributed by atoms with Crippen molar-refractivity contribution >= 4 is 21.9 Å². The molecule has 0 aliphatic carbocycles. The van der Waals surface area contributed by atoms with E-state index in [0.717, 1.165) is 5.56 Å². The third-order valence-corrected chi connectivity index (χ3v) is 5.54. The van der Waals surface area contributed by atoms with Gasteiger partial charge in [0, 0.05) is 12.1 Å². The first-order valence-electron chi connectivity index (χ1n) is 10.7. The largest absolute Gasteiger partial charge is 0.496 e. The maximum Gasteiger partial charge on any atom is 0.204 e. The van der Waals surface area contributed by atoms with Gasteiger partial charge in [-0.25, -0.2) is 4.68 Å². The molecule has 0 spiro atoms. The molecule has 0 aliphatic heterocycles. The van der Waals surface area contributed by atoms with E-state index in [9.17, 15) is 4.79 Å². The van der Waals surface area contributed by atoms with E-state index in [1.165, 1.54) is 14.2 Å². The van der Waals surface area contributed by atoms with E-state index in [0.29, 0.717) is 57.0 Å². The molecule has 0 fully saturated rings. The number of benzene rings is 3. The smallest absolute Gasteiger partial charge is 0.204 e. The number of nitriles is 1. The lowest BCUT2D eigenvalue weighted by Gasteiger charge is -2.10. The maximum absolute atomic E-state index is 13.2. The number of fused-ring (bicyclic) bond motifs is 2. The van der Waals surface area contributed by atoms with Crippen LogP contribution < -0.4 is 19.6 Å². The maximum atomic E-state index is 13.2. The number of methoxy groups -OCH3 is 2. The minimum absolute atomic E-state index is 0.179. The molecule has 0 atom stereocenters. The SMILES string of the molecule is COc1cc(OC)c2c(=O)c3cc(OCc4cn(Cc5ccc(C#N)cc5)nn4)ccc3oc2c1. The van der Waals surface area contributed by atoms with Crippen molar-refractivity contribution in [2.45, 2.75) is 13.2 Å². The summed E-state index contributed by atoms with van der Waals surface area (Å²) in [5, 5.41) is 17.9. The van der Waals surface area contributed by atoms with Crippen molar-refractivity contribution in [3.8, 4) is 23.3 Å². The van der Waals surface area contributed by atoms with Crippen LogP contribution in [0.3, 0.4) is 0 Å². The quantitative estimate of drug-likeness (QED) is 0.329. The molecular weight excluding hydrogens is 448 g/mol. The minimum atomic E-state index is -0.223. The standard InChI is InChI=1S/C26H20N4O5/c1-32-20-10-23(33-2)25-24(11-20)35-22-8-7-19(9-21(22)26(25)31)34-15-18-14-30(29-28-18)13-17-5-3-16(12-27)4-6-17/h3-11,14H,13,15H2,1-2H3. The fraction of sp³-hybridized carbons (Fsp3) is 0.154. The highest BCUT2D eigenvalue weighted by atomic mass is 16.5. The van der Waals surface area contributed by atoms with Crippen LogP contribution in [-0.2, 0) is 13.2 Å². The Morgan fingerprint density at radius 2 is 1.83 bits per heavy atom. The van der Waals surface area contributed by atoms with Crippen LogP contribution in [0, 0.1) is 11.3 Å². The molecule has 0 radical (unpaired) electrons. The number of rotatable bonds is 7. The summed E-state index contributed by atoms with van der Waals surface area (Å²) in [6, 6.07) is 17.8. The number of hydrogen-bond donors (Lipinski definition) is 0. The zero-order chi connectivity index (χ0) is 24.4. The van der Waals surface area contributed by atoms with Crippen LogP contribution in [0.1, 0.15) is 16.8 Å². The first-order valence-corrected chi connectivity index (χ1v) is 10.7. The van der Waals surface area contributed by atoms with Crippen LogP contribution in [0.4, 0.5) is 0 Å². The van der Waals surface area contributed by atoms with Crippen LogP contribution in [0.5, 0.6) is 17.2 Å². The highest BCUT2D eigenvalue weighted by Crippen LogP contribution is 2.32. The predicted molar refractivity (Wildman–Crippen MR) is 128 cm³/mol. The molecule has 9 nitrogen and oxygen atoms in total. The molecule has 0 amide bonds. The first kappa shape index (κ1) is 22.0. The van der Waals surface area contributed by atoms with E-state index in [4.69, 9.17) is 23.9 Å². The fourth-order valence-corrected chi connectivity index (χ4v) is 3.78. The summed E-state index contributed by atoms with van der Waals surface area (Å²) < 4.78 is 24.2. The molecule has 5 aromatic rings. The predicted octanol–water partition coefficient (Wildman–Crippen LogP) is 4.05. The highest BCUT2D eigenvalue weighted by Gasteiger charge is 2.15. The molecule has 3 aromatic carbocycles. The molecular formula is C26H20N4O5. The molecule has 5 rings (SSSR count). The van der Waals surface area contributed by atoms with Gasteiger partial charge >= 0.3 is 0 Å². The summed E-state index contributed by atoms with van der Waals surface area (Å²) in [6.45, 7) is 0.702. The Morgan fingerprint density at radius 1 is 1.00 bits per heavy atom. The average molecular weight is 468 g/mol. The fourth-order valence-electron chi connectivity index (χ4n) is 3.78.